The minimum atomic E-state index is -0.164. The summed E-state index contributed by atoms with van der Waals surface area (Å²) >= 11 is 0. The number of nitrogens with zero attached hydrogens (tertiary/aromatic N) is 1. The van der Waals surface area contributed by atoms with Crippen LogP contribution in [0.25, 0.3) is 0 Å². The van der Waals surface area contributed by atoms with Crippen molar-refractivity contribution in [3.05, 3.63) is 90.0 Å². The number of carbonyl (C=O) groups is 1. The Balaban J connectivity index is 1.69. The Bertz CT molecular complexity index is 949. The van der Waals surface area contributed by atoms with Crippen LogP contribution in [0.15, 0.2) is 78.9 Å². The van der Waals surface area contributed by atoms with Gasteiger partial charge in [0.15, 0.2) is 11.5 Å². The summed E-state index contributed by atoms with van der Waals surface area (Å²) in [6.45, 7) is 1.97. The van der Waals surface area contributed by atoms with E-state index in [0.717, 1.165) is 23.2 Å². The highest BCUT2D eigenvalue weighted by molar-refractivity contribution is 5.89. The van der Waals surface area contributed by atoms with Gasteiger partial charge in [-0.3, -0.25) is 0 Å². The smallest absolute Gasteiger partial charge is 0.322 e. The number of hydrogen-bond donors (Lipinski definition) is 2. The Morgan fingerprint density at radius 1 is 0.935 bits per heavy atom. The van der Waals surface area contributed by atoms with E-state index in [1.165, 1.54) is 0 Å². The zero-order chi connectivity index (χ0) is 21.9. The van der Waals surface area contributed by atoms with Crippen molar-refractivity contribution < 1.29 is 14.3 Å². The topological polar surface area (TPSA) is 76.8 Å². The number of hydrogen-bond acceptors (Lipinski definition) is 4. The molecule has 3 rings (SSSR count). The summed E-state index contributed by atoms with van der Waals surface area (Å²) in [4.78, 5) is 14.6. The average Bonchev–Trinajstić information content (AvgIpc) is 2.82. The molecular formula is C25H29N3O3. The van der Waals surface area contributed by atoms with Gasteiger partial charge in [0.05, 0.1) is 7.11 Å². The van der Waals surface area contributed by atoms with Crippen molar-refractivity contribution in [1.82, 2.24) is 4.90 Å². The van der Waals surface area contributed by atoms with E-state index in [2.05, 4.69) is 5.32 Å². The van der Waals surface area contributed by atoms with E-state index in [9.17, 15) is 4.79 Å². The second-order valence-corrected chi connectivity index (χ2v) is 7.12. The molecule has 0 aliphatic heterocycles. The van der Waals surface area contributed by atoms with Crippen LogP contribution >= 0.6 is 0 Å². The van der Waals surface area contributed by atoms with Crippen LogP contribution in [-0.4, -0.2) is 31.1 Å². The first-order valence-corrected chi connectivity index (χ1v) is 10.3. The number of carbonyl (C=O) groups excluding carboxylic acids is 1. The van der Waals surface area contributed by atoms with Crippen molar-refractivity contribution in [2.24, 2.45) is 5.73 Å². The summed E-state index contributed by atoms with van der Waals surface area (Å²) < 4.78 is 11.5. The van der Waals surface area contributed by atoms with Crippen molar-refractivity contribution in [2.75, 3.05) is 25.5 Å². The fraction of sp³-hybridized carbons (Fsp3) is 0.240. The highest BCUT2D eigenvalue weighted by Gasteiger charge is 2.15. The number of benzene rings is 3. The van der Waals surface area contributed by atoms with Gasteiger partial charge >= 0.3 is 6.03 Å². The van der Waals surface area contributed by atoms with Gasteiger partial charge in [-0.2, -0.15) is 0 Å². The average molecular weight is 420 g/mol. The lowest BCUT2D eigenvalue weighted by Crippen LogP contribution is -2.36. The molecule has 0 spiro atoms. The summed E-state index contributed by atoms with van der Waals surface area (Å²) in [5, 5.41) is 2.94. The van der Waals surface area contributed by atoms with Gasteiger partial charge in [-0.1, -0.05) is 54.6 Å². The highest BCUT2D eigenvalue weighted by atomic mass is 16.5. The third-order valence-electron chi connectivity index (χ3n) is 4.78. The number of amides is 2. The van der Waals surface area contributed by atoms with Crippen LogP contribution in [-0.2, 0) is 13.2 Å². The molecular weight excluding hydrogens is 390 g/mol. The molecule has 6 nitrogen and oxygen atoms in total. The number of ether oxygens (including phenoxy) is 2. The second-order valence-electron chi connectivity index (χ2n) is 7.12. The monoisotopic (exact) mass is 419 g/mol. The van der Waals surface area contributed by atoms with E-state index in [4.69, 9.17) is 15.2 Å². The Morgan fingerprint density at radius 3 is 2.32 bits per heavy atom. The Morgan fingerprint density at radius 2 is 1.65 bits per heavy atom. The SMILES string of the molecule is COc1cc(CN(CCCN)C(=O)Nc2ccccc2)ccc1OCc1ccccc1. The summed E-state index contributed by atoms with van der Waals surface area (Å²) in [6.07, 6.45) is 0.720. The highest BCUT2D eigenvalue weighted by Crippen LogP contribution is 2.29. The van der Waals surface area contributed by atoms with E-state index in [1.807, 2.05) is 78.9 Å². The first kappa shape index (κ1) is 22.2. The maximum absolute atomic E-state index is 12.8. The fourth-order valence-corrected chi connectivity index (χ4v) is 3.14. The van der Waals surface area contributed by atoms with E-state index in [0.29, 0.717) is 37.7 Å². The van der Waals surface area contributed by atoms with Crippen LogP contribution in [0, 0.1) is 0 Å². The number of nitrogens with one attached hydrogen (secondary N) is 1. The molecule has 31 heavy (non-hydrogen) atoms. The maximum Gasteiger partial charge on any atom is 0.322 e. The minimum Gasteiger partial charge on any atom is -0.493 e. The lowest BCUT2D eigenvalue weighted by Gasteiger charge is -2.23. The number of urea groups is 1. The predicted octanol–water partition coefficient (Wildman–Crippen LogP) is 4.66. The molecule has 2 amide bonds. The van der Waals surface area contributed by atoms with Crippen LogP contribution in [0.5, 0.6) is 11.5 Å². The quantitative estimate of drug-likeness (QED) is 0.501. The van der Waals surface area contributed by atoms with Crippen molar-refractivity contribution in [3.63, 3.8) is 0 Å². The molecule has 0 heterocycles. The van der Waals surface area contributed by atoms with Gasteiger partial charge in [-0.25, -0.2) is 4.79 Å². The largest absolute Gasteiger partial charge is 0.493 e. The summed E-state index contributed by atoms with van der Waals surface area (Å²) in [6, 6.07) is 25.0. The molecule has 3 N–H and O–H groups in total. The molecule has 6 heteroatoms. The van der Waals surface area contributed by atoms with Crippen LogP contribution < -0.4 is 20.5 Å². The third-order valence-corrected chi connectivity index (χ3v) is 4.78. The molecule has 0 unspecified atom stereocenters. The molecule has 0 aromatic heterocycles. The van der Waals surface area contributed by atoms with Crippen LogP contribution in [0.4, 0.5) is 10.5 Å². The lowest BCUT2D eigenvalue weighted by molar-refractivity contribution is 0.208. The van der Waals surface area contributed by atoms with E-state index in [-0.39, 0.29) is 6.03 Å². The second kappa shape index (κ2) is 11.6. The molecule has 0 saturated carbocycles. The van der Waals surface area contributed by atoms with Gasteiger partial charge in [0.1, 0.15) is 6.61 Å². The zero-order valence-corrected chi connectivity index (χ0v) is 17.8. The lowest BCUT2D eigenvalue weighted by atomic mass is 10.1. The Labute approximate surface area is 183 Å². The molecule has 0 radical (unpaired) electrons. The molecule has 3 aromatic rings. The Hall–Kier alpha value is -3.51. The first-order valence-electron chi connectivity index (χ1n) is 10.3. The molecule has 3 aromatic carbocycles. The number of rotatable bonds is 10. The van der Waals surface area contributed by atoms with Crippen LogP contribution in [0.1, 0.15) is 17.5 Å². The van der Waals surface area contributed by atoms with Gasteiger partial charge in [0.25, 0.3) is 0 Å². The number of methoxy groups -OCH3 is 1. The Kier molecular flexibility index (Phi) is 8.31. The first-order chi connectivity index (χ1) is 15.2. The number of anilines is 1. The molecule has 0 atom stereocenters. The van der Waals surface area contributed by atoms with Gasteiger partial charge in [0.2, 0.25) is 0 Å². The number of nitrogens with two attached hydrogens (primary N) is 1. The van der Waals surface area contributed by atoms with Gasteiger partial charge in [-0.05, 0) is 48.4 Å². The van der Waals surface area contributed by atoms with Crippen molar-refractivity contribution in [3.8, 4) is 11.5 Å². The molecule has 0 saturated heterocycles. The van der Waals surface area contributed by atoms with Gasteiger partial charge < -0.3 is 25.4 Å². The van der Waals surface area contributed by atoms with E-state index in [1.54, 1.807) is 12.0 Å². The molecule has 0 aliphatic carbocycles. The fourth-order valence-electron chi connectivity index (χ4n) is 3.14. The maximum atomic E-state index is 12.8. The minimum absolute atomic E-state index is 0.164. The van der Waals surface area contributed by atoms with Crippen LogP contribution in [0.3, 0.4) is 0 Å². The predicted molar refractivity (Wildman–Crippen MR) is 123 cm³/mol. The van der Waals surface area contributed by atoms with Gasteiger partial charge in [0, 0.05) is 18.8 Å². The van der Waals surface area contributed by atoms with Crippen molar-refractivity contribution in [2.45, 2.75) is 19.6 Å². The van der Waals surface area contributed by atoms with Crippen molar-refractivity contribution in [1.29, 1.82) is 0 Å². The molecule has 162 valence electrons. The summed E-state index contributed by atoms with van der Waals surface area (Å²) in [7, 11) is 1.61. The van der Waals surface area contributed by atoms with E-state index < -0.39 is 0 Å². The molecule has 0 aliphatic rings. The standard InChI is InChI=1S/C25H29N3O3/c1-30-24-17-21(13-14-23(24)31-19-20-9-4-2-5-10-20)18-28(16-8-15-26)25(29)27-22-11-6-3-7-12-22/h2-7,9-14,17H,8,15-16,18-19,26H2,1H3,(H,27,29). The molecule has 0 bridgehead atoms. The molecule has 0 fully saturated rings. The van der Waals surface area contributed by atoms with Crippen molar-refractivity contribution >= 4 is 11.7 Å². The van der Waals surface area contributed by atoms with Crippen LogP contribution in [0.2, 0.25) is 0 Å². The van der Waals surface area contributed by atoms with Gasteiger partial charge in [-0.15, -0.1) is 0 Å². The zero-order valence-electron chi connectivity index (χ0n) is 17.8. The third kappa shape index (κ3) is 6.76. The van der Waals surface area contributed by atoms with E-state index >= 15 is 0 Å². The summed E-state index contributed by atoms with van der Waals surface area (Å²) in [5.74, 6) is 1.30. The number of para-hydroxylation sites is 1. The summed E-state index contributed by atoms with van der Waals surface area (Å²) in [5.41, 5.74) is 8.46. The normalized spacial score (nSPS) is 10.4.